The molecule has 1 unspecified atom stereocenters. The van der Waals surface area contributed by atoms with E-state index in [0.29, 0.717) is 23.7 Å². The quantitative estimate of drug-likeness (QED) is 0.289. The summed E-state index contributed by atoms with van der Waals surface area (Å²) in [5.41, 5.74) is -1.43. The average molecular weight is 514 g/mol. The third-order valence-electron chi connectivity index (χ3n) is 4.98. The number of anilines is 1. The molecule has 0 spiro atoms. The van der Waals surface area contributed by atoms with Crippen molar-refractivity contribution in [2.45, 2.75) is 29.9 Å². The van der Waals surface area contributed by atoms with Crippen molar-refractivity contribution >= 4 is 34.7 Å². The van der Waals surface area contributed by atoms with Crippen LogP contribution in [0.15, 0.2) is 82.6 Å². The van der Waals surface area contributed by atoms with Crippen molar-refractivity contribution in [2.75, 3.05) is 5.32 Å². The Kier molecular flexibility index (Phi) is 8.11. The first kappa shape index (κ1) is 25.1. The first-order valence-corrected chi connectivity index (χ1v) is 12.1. The number of aromatic nitrogens is 4. The topological polar surface area (TPSA) is 85.8 Å². The Morgan fingerprint density at radius 3 is 2.42 bits per heavy atom. The molecule has 2 aromatic heterocycles. The minimum absolute atomic E-state index is 0.295. The molecule has 2 aromatic carbocycles. The molecule has 7 nitrogen and oxygen atoms in total. The second kappa shape index (κ2) is 11.6. The maximum atomic E-state index is 12.5. The van der Waals surface area contributed by atoms with Gasteiger partial charge >= 0.3 is 5.51 Å². The van der Waals surface area contributed by atoms with Crippen LogP contribution in [-0.4, -0.2) is 29.7 Å². The van der Waals surface area contributed by atoms with Crippen LogP contribution in [0.4, 0.5) is 18.9 Å². The molecule has 0 aliphatic carbocycles. The van der Waals surface area contributed by atoms with E-state index in [2.05, 4.69) is 32.8 Å². The number of rotatable bonds is 10. The van der Waals surface area contributed by atoms with E-state index in [1.165, 1.54) is 30.5 Å². The fraction of sp³-hybridized carbons (Fsp3) is 0.160. The predicted molar refractivity (Wildman–Crippen MR) is 132 cm³/mol. The predicted octanol–water partition coefficient (Wildman–Crippen LogP) is 5.78. The summed E-state index contributed by atoms with van der Waals surface area (Å²) < 4.78 is 56.2. The molecule has 36 heavy (non-hydrogen) atoms. The summed E-state index contributed by atoms with van der Waals surface area (Å²) in [6, 6.07) is 13.3. The van der Waals surface area contributed by atoms with Gasteiger partial charge in [-0.15, -0.1) is 5.10 Å². The molecular weight excluding hydrogens is 491 g/mol. The van der Waals surface area contributed by atoms with Crippen molar-refractivity contribution in [1.82, 2.24) is 20.0 Å². The van der Waals surface area contributed by atoms with E-state index >= 15 is 0 Å². The van der Waals surface area contributed by atoms with Gasteiger partial charge in [0.15, 0.2) is 10.8 Å². The number of benzene rings is 2. The summed E-state index contributed by atoms with van der Waals surface area (Å²) in [5.74, 6) is 0.362. The Labute approximate surface area is 207 Å². The van der Waals surface area contributed by atoms with Gasteiger partial charge in [-0.3, -0.25) is 4.68 Å². The Hall–Kier alpha value is -3.99. The van der Waals surface area contributed by atoms with Gasteiger partial charge in [0.05, 0.1) is 18.4 Å². The molecule has 1 N–H and O–H groups in total. The van der Waals surface area contributed by atoms with Gasteiger partial charge in [-0.25, -0.2) is 9.19 Å². The molecule has 186 valence electrons. The third kappa shape index (κ3) is 7.25. The zero-order valence-electron chi connectivity index (χ0n) is 18.9. The third-order valence-corrected chi connectivity index (χ3v) is 6.10. The molecule has 11 heteroatoms. The number of aryl methyl sites for hydroxylation is 1. The van der Waals surface area contributed by atoms with Crippen LogP contribution in [0.25, 0.3) is 18.2 Å². The molecule has 1 atom stereocenters. The normalized spacial score (nSPS) is 13.0. The summed E-state index contributed by atoms with van der Waals surface area (Å²) in [7, 11) is -3.04. The zero-order chi connectivity index (χ0) is 25.4. The molecule has 0 aliphatic rings. The Morgan fingerprint density at radius 2 is 1.72 bits per heavy atom. The molecule has 0 saturated heterocycles. The first-order valence-electron chi connectivity index (χ1n) is 10.9. The molecule has 0 aliphatic heterocycles. The SMILES string of the molecule is O=S(c1ccc(/C=C/c2nc(CNc3ccc(/C=C\CCn4ccnn4)cc3)co2)cc1)C(F)(F)F. The number of alkyl halides is 3. The minimum Gasteiger partial charge on any atom is -0.445 e. The maximum absolute atomic E-state index is 12.5. The molecule has 0 amide bonds. The van der Waals surface area contributed by atoms with Crippen LogP contribution in [0, 0.1) is 0 Å². The lowest BCUT2D eigenvalue weighted by Crippen LogP contribution is -2.16. The summed E-state index contributed by atoms with van der Waals surface area (Å²) in [4.78, 5) is 4.08. The fourth-order valence-corrected chi connectivity index (χ4v) is 3.82. The van der Waals surface area contributed by atoms with Crippen LogP contribution in [-0.2, 0) is 23.9 Å². The Morgan fingerprint density at radius 1 is 1.00 bits per heavy atom. The van der Waals surface area contributed by atoms with Crippen LogP contribution in [0.3, 0.4) is 0 Å². The largest absolute Gasteiger partial charge is 0.475 e. The van der Waals surface area contributed by atoms with Gasteiger partial charge in [0, 0.05) is 29.4 Å². The number of halogens is 3. The van der Waals surface area contributed by atoms with Gasteiger partial charge in [0.2, 0.25) is 5.89 Å². The standard InChI is InChI=1S/C25H22F3N5O2S/c26-25(27,28)36(34)23-11-6-20(7-12-23)8-13-24-31-22(18-35-24)17-29-21-9-4-19(5-10-21)3-1-2-15-33-16-14-30-32-33/h1,3-14,16,18,29H,2,15,17H2/b3-1-,13-8+. The van der Waals surface area contributed by atoms with Gasteiger partial charge < -0.3 is 9.73 Å². The smallest absolute Gasteiger partial charge is 0.445 e. The van der Waals surface area contributed by atoms with Gasteiger partial charge in [-0.05, 0) is 47.9 Å². The Bertz CT molecular complexity index is 1330. The zero-order valence-corrected chi connectivity index (χ0v) is 19.7. The van der Waals surface area contributed by atoms with Crippen molar-refractivity contribution in [3.05, 3.63) is 96.0 Å². The number of allylic oxidation sites excluding steroid dienone is 1. The van der Waals surface area contributed by atoms with Gasteiger partial charge in [0.25, 0.3) is 0 Å². The van der Waals surface area contributed by atoms with Gasteiger partial charge in [0.1, 0.15) is 6.26 Å². The van der Waals surface area contributed by atoms with Crippen LogP contribution in [0.2, 0.25) is 0 Å². The highest BCUT2D eigenvalue weighted by Crippen LogP contribution is 2.26. The van der Waals surface area contributed by atoms with E-state index in [1.54, 1.807) is 23.0 Å². The first-order chi connectivity index (χ1) is 17.4. The number of hydrogen-bond acceptors (Lipinski definition) is 6. The number of nitrogens with one attached hydrogen (secondary N) is 1. The number of hydrogen-bond donors (Lipinski definition) is 1. The Balaban J connectivity index is 1.24. The fourth-order valence-electron chi connectivity index (χ4n) is 3.17. The molecular formula is C25H22F3N5O2S. The van der Waals surface area contributed by atoms with Crippen LogP contribution < -0.4 is 5.32 Å². The lowest BCUT2D eigenvalue weighted by molar-refractivity contribution is -0.0384. The van der Waals surface area contributed by atoms with E-state index in [4.69, 9.17) is 4.42 Å². The molecule has 0 saturated carbocycles. The molecule has 4 rings (SSSR count). The highest BCUT2D eigenvalue weighted by atomic mass is 32.2. The maximum Gasteiger partial charge on any atom is 0.475 e. The van der Waals surface area contributed by atoms with Crippen molar-refractivity contribution in [3.63, 3.8) is 0 Å². The molecule has 2 heterocycles. The number of nitrogens with zero attached hydrogens (tertiary/aromatic N) is 4. The van der Waals surface area contributed by atoms with Crippen LogP contribution in [0.5, 0.6) is 0 Å². The average Bonchev–Trinajstić information content (AvgIpc) is 3.56. The molecule has 0 radical (unpaired) electrons. The second-order valence-electron chi connectivity index (χ2n) is 7.63. The number of oxazole rings is 1. The van der Waals surface area contributed by atoms with E-state index in [9.17, 15) is 17.4 Å². The van der Waals surface area contributed by atoms with E-state index in [0.717, 1.165) is 24.2 Å². The molecule has 0 bridgehead atoms. The lowest BCUT2D eigenvalue weighted by atomic mass is 10.2. The molecule has 4 aromatic rings. The van der Waals surface area contributed by atoms with E-state index in [1.807, 2.05) is 30.5 Å². The summed E-state index contributed by atoms with van der Waals surface area (Å²) in [6.07, 6.45) is 13.3. The van der Waals surface area contributed by atoms with E-state index < -0.39 is 16.3 Å². The summed E-state index contributed by atoms with van der Waals surface area (Å²) >= 11 is 0. The summed E-state index contributed by atoms with van der Waals surface area (Å²) in [6.45, 7) is 1.24. The minimum atomic E-state index is -4.78. The summed E-state index contributed by atoms with van der Waals surface area (Å²) in [5, 5.41) is 11.0. The van der Waals surface area contributed by atoms with E-state index in [-0.39, 0.29) is 4.90 Å². The highest BCUT2D eigenvalue weighted by molar-refractivity contribution is 7.86. The highest BCUT2D eigenvalue weighted by Gasteiger charge is 2.37. The van der Waals surface area contributed by atoms with Crippen molar-refractivity contribution < 1.29 is 21.8 Å². The van der Waals surface area contributed by atoms with Gasteiger partial charge in [-0.1, -0.05) is 41.6 Å². The van der Waals surface area contributed by atoms with Crippen molar-refractivity contribution in [3.8, 4) is 0 Å². The van der Waals surface area contributed by atoms with Crippen LogP contribution >= 0.6 is 0 Å². The monoisotopic (exact) mass is 513 g/mol. The van der Waals surface area contributed by atoms with Crippen LogP contribution in [0.1, 0.15) is 29.1 Å². The molecule has 0 fully saturated rings. The van der Waals surface area contributed by atoms with Gasteiger partial charge in [-0.2, -0.15) is 13.2 Å². The van der Waals surface area contributed by atoms with Crippen molar-refractivity contribution in [2.24, 2.45) is 0 Å². The lowest BCUT2D eigenvalue weighted by Gasteiger charge is -2.05. The second-order valence-corrected chi connectivity index (χ2v) is 9.10. The van der Waals surface area contributed by atoms with Crippen molar-refractivity contribution in [1.29, 1.82) is 0 Å².